The van der Waals surface area contributed by atoms with E-state index in [0.717, 1.165) is 47.2 Å². The molecule has 1 spiro atoms. The maximum absolute atomic E-state index is 7.00. The van der Waals surface area contributed by atoms with Crippen molar-refractivity contribution in [1.82, 2.24) is 5.32 Å². The van der Waals surface area contributed by atoms with E-state index in [0.29, 0.717) is 0 Å². The molecule has 6 aromatic carbocycles. The molecule has 0 saturated carbocycles. The normalized spacial score (nSPS) is 18.2. The van der Waals surface area contributed by atoms with Gasteiger partial charge >= 0.3 is 0 Å². The first-order valence-corrected chi connectivity index (χ1v) is 19.1. The predicted octanol–water partition coefficient (Wildman–Crippen LogP) is 12.3. The first-order chi connectivity index (χ1) is 26.1. The Kier molecular flexibility index (Phi) is 8.21. The van der Waals surface area contributed by atoms with Gasteiger partial charge in [-0.05, 0) is 103 Å². The summed E-state index contributed by atoms with van der Waals surface area (Å²) in [6.45, 7) is 8.67. The minimum atomic E-state index is -0.421. The van der Waals surface area contributed by atoms with Crippen LogP contribution < -0.4 is 11.1 Å². The zero-order valence-corrected chi connectivity index (χ0v) is 30.5. The fourth-order valence-corrected chi connectivity index (χ4v) is 9.46. The average molecular weight is 685 g/mol. The van der Waals surface area contributed by atoms with E-state index in [1.807, 2.05) is 32.0 Å². The molecular weight excluding hydrogens is 641 g/mol. The maximum Gasteiger partial charge on any atom is 0.101 e. The number of fused-ring (bicyclic) bond motifs is 11. The van der Waals surface area contributed by atoms with Crippen LogP contribution in [-0.2, 0) is 5.41 Å². The standard InChI is InChI=1S/C49H38N2.C2H6/c1-31(35-24-13-19-32-15-5-7-20-36(32)35)29-45(51-48(50)33-16-3-2-4-17-33)40-25-14-28-44-46(40)39-23-10-12-27-43(39)49(44)42-26-11-9-22-38(42)41-30-34-18-6-8-21-37(34)47(41)49;1-2/h2-5,7-17,19-29,48,51H,1,6,18,30,50H2;1-2H3/b45-29-;. The van der Waals surface area contributed by atoms with Gasteiger partial charge in [-0.2, -0.15) is 0 Å². The first-order valence-electron chi connectivity index (χ1n) is 19.1. The van der Waals surface area contributed by atoms with Crippen LogP contribution in [0.4, 0.5) is 0 Å². The van der Waals surface area contributed by atoms with Crippen LogP contribution in [-0.4, -0.2) is 0 Å². The highest BCUT2D eigenvalue weighted by molar-refractivity contribution is 6.03. The zero-order chi connectivity index (χ0) is 36.1. The number of nitrogens with two attached hydrogens (primary N) is 1. The summed E-state index contributed by atoms with van der Waals surface area (Å²) in [5.41, 5.74) is 25.8. The smallest absolute Gasteiger partial charge is 0.101 e. The Morgan fingerprint density at radius 2 is 1.36 bits per heavy atom. The lowest BCUT2D eigenvalue weighted by Gasteiger charge is -2.34. The quantitative estimate of drug-likeness (QED) is 0.135. The minimum absolute atomic E-state index is 0.397. The monoisotopic (exact) mass is 684 g/mol. The lowest BCUT2D eigenvalue weighted by atomic mass is 9.67. The van der Waals surface area contributed by atoms with E-state index in [1.54, 1.807) is 5.57 Å². The van der Waals surface area contributed by atoms with Crippen molar-refractivity contribution in [3.8, 4) is 11.1 Å². The van der Waals surface area contributed by atoms with Crippen molar-refractivity contribution >= 4 is 27.6 Å². The van der Waals surface area contributed by atoms with Crippen LogP contribution in [0.25, 0.3) is 38.7 Å². The van der Waals surface area contributed by atoms with Crippen LogP contribution in [0.5, 0.6) is 0 Å². The van der Waals surface area contributed by atoms with Gasteiger partial charge in [0.1, 0.15) is 6.17 Å². The molecule has 258 valence electrons. The van der Waals surface area contributed by atoms with Gasteiger partial charge in [0, 0.05) is 11.3 Å². The van der Waals surface area contributed by atoms with Gasteiger partial charge < -0.3 is 11.1 Å². The van der Waals surface area contributed by atoms with Crippen LogP contribution in [0.3, 0.4) is 0 Å². The van der Waals surface area contributed by atoms with Gasteiger partial charge in [-0.1, -0.05) is 178 Å². The lowest BCUT2D eigenvalue weighted by molar-refractivity contribution is 0.667. The number of hydrogen-bond donors (Lipinski definition) is 2. The number of nitrogens with one attached hydrogen (secondary N) is 1. The van der Waals surface area contributed by atoms with Crippen LogP contribution in [0, 0.1) is 0 Å². The van der Waals surface area contributed by atoms with Crippen molar-refractivity contribution < 1.29 is 0 Å². The molecule has 0 saturated heterocycles. The number of benzene rings is 6. The summed E-state index contributed by atoms with van der Waals surface area (Å²) < 4.78 is 0. The van der Waals surface area contributed by atoms with Crippen molar-refractivity contribution in [1.29, 1.82) is 0 Å². The molecule has 2 heteroatoms. The maximum atomic E-state index is 7.00. The Morgan fingerprint density at radius 3 is 2.19 bits per heavy atom. The highest BCUT2D eigenvalue weighted by Gasteiger charge is 2.55. The van der Waals surface area contributed by atoms with Gasteiger partial charge in [-0.15, -0.1) is 0 Å². The number of hydrogen-bond acceptors (Lipinski definition) is 2. The molecule has 2 unspecified atom stereocenters. The fraction of sp³-hybridized carbons (Fsp3) is 0.137. The van der Waals surface area contributed by atoms with E-state index in [1.165, 1.54) is 60.9 Å². The number of allylic oxidation sites excluding steroid dienone is 8. The van der Waals surface area contributed by atoms with Gasteiger partial charge in [0.2, 0.25) is 0 Å². The Bertz CT molecular complexity index is 2560. The molecule has 0 aliphatic heterocycles. The molecule has 6 aromatic rings. The summed E-state index contributed by atoms with van der Waals surface area (Å²) in [6, 6.07) is 50.4. The predicted molar refractivity (Wildman–Crippen MR) is 224 cm³/mol. The second kappa shape index (κ2) is 13.2. The van der Waals surface area contributed by atoms with E-state index in [2.05, 4.69) is 151 Å². The van der Waals surface area contributed by atoms with Gasteiger partial charge in [0.15, 0.2) is 0 Å². The molecule has 2 nitrogen and oxygen atoms in total. The Hall–Kier alpha value is -5.96. The van der Waals surface area contributed by atoms with Crippen molar-refractivity contribution in [2.24, 2.45) is 5.73 Å². The molecule has 4 aliphatic carbocycles. The lowest BCUT2D eigenvalue weighted by Crippen LogP contribution is -2.29. The Balaban J connectivity index is 0.00000183. The minimum Gasteiger partial charge on any atom is -0.366 e. The average Bonchev–Trinajstić information content (AvgIpc) is 3.85. The van der Waals surface area contributed by atoms with Crippen molar-refractivity contribution in [2.45, 2.75) is 44.7 Å². The van der Waals surface area contributed by atoms with Crippen molar-refractivity contribution in [3.05, 3.63) is 220 Å². The Morgan fingerprint density at radius 1 is 0.717 bits per heavy atom. The molecule has 2 atom stereocenters. The van der Waals surface area contributed by atoms with Crippen LogP contribution >= 0.6 is 0 Å². The molecule has 0 aromatic heterocycles. The summed E-state index contributed by atoms with van der Waals surface area (Å²) in [6.07, 6.45) is 9.87. The second-order valence-corrected chi connectivity index (χ2v) is 14.2. The third-order valence-corrected chi connectivity index (χ3v) is 11.6. The van der Waals surface area contributed by atoms with Gasteiger partial charge in [0.05, 0.1) is 5.41 Å². The summed E-state index contributed by atoms with van der Waals surface area (Å²) in [4.78, 5) is 0. The molecule has 0 radical (unpaired) electrons. The Labute approximate surface area is 313 Å². The molecule has 10 rings (SSSR count). The summed E-state index contributed by atoms with van der Waals surface area (Å²) in [5, 5.41) is 6.17. The first kappa shape index (κ1) is 32.9. The van der Waals surface area contributed by atoms with E-state index in [-0.39, 0.29) is 0 Å². The van der Waals surface area contributed by atoms with Gasteiger partial charge in [0.25, 0.3) is 0 Å². The van der Waals surface area contributed by atoms with Gasteiger partial charge in [-0.25, -0.2) is 0 Å². The molecule has 4 aliphatic rings. The van der Waals surface area contributed by atoms with E-state index in [9.17, 15) is 0 Å². The summed E-state index contributed by atoms with van der Waals surface area (Å²) in [7, 11) is 0. The molecule has 0 fully saturated rings. The fourth-order valence-electron chi connectivity index (χ4n) is 9.46. The van der Waals surface area contributed by atoms with Crippen LogP contribution in [0.1, 0.15) is 78.2 Å². The molecular formula is C51H44N2. The zero-order valence-electron chi connectivity index (χ0n) is 30.5. The van der Waals surface area contributed by atoms with E-state index in [4.69, 9.17) is 5.73 Å². The van der Waals surface area contributed by atoms with Gasteiger partial charge in [-0.3, -0.25) is 0 Å². The highest BCUT2D eigenvalue weighted by atomic mass is 15.0. The third-order valence-electron chi connectivity index (χ3n) is 11.6. The topological polar surface area (TPSA) is 38.0 Å². The highest BCUT2D eigenvalue weighted by Crippen LogP contribution is 2.67. The molecule has 0 bridgehead atoms. The molecule has 0 amide bonds. The molecule has 0 heterocycles. The number of rotatable bonds is 6. The SMILES string of the molecule is C=C(/C=C(\NC(N)c1ccccc1)c1cccc2c1-c1ccccc1C21C2=C(CC3=C2C=CCC3)c2ccccc21)c1cccc2ccccc12.CC. The van der Waals surface area contributed by atoms with Crippen LogP contribution in [0.2, 0.25) is 0 Å². The van der Waals surface area contributed by atoms with Crippen molar-refractivity contribution in [3.63, 3.8) is 0 Å². The van der Waals surface area contributed by atoms with Crippen molar-refractivity contribution in [2.75, 3.05) is 0 Å². The summed E-state index contributed by atoms with van der Waals surface area (Å²) in [5.74, 6) is 0. The second-order valence-electron chi connectivity index (χ2n) is 14.2. The molecule has 3 N–H and O–H groups in total. The van der Waals surface area contributed by atoms with E-state index >= 15 is 0 Å². The van der Waals surface area contributed by atoms with E-state index < -0.39 is 11.6 Å². The summed E-state index contributed by atoms with van der Waals surface area (Å²) >= 11 is 0. The van der Waals surface area contributed by atoms with Crippen LogP contribution in [0.15, 0.2) is 181 Å². The molecule has 53 heavy (non-hydrogen) atoms. The largest absolute Gasteiger partial charge is 0.366 e. The third kappa shape index (κ3) is 4.97.